The first-order chi connectivity index (χ1) is 17.4. The molecule has 0 spiro atoms. The smallest absolute Gasteiger partial charge is 0.253 e. The normalized spacial score (nSPS) is 16.2. The Labute approximate surface area is 216 Å². The maximum absolute atomic E-state index is 13.0. The van der Waals surface area contributed by atoms with Gasteiger partial charge >= 0.3 is 0 Å². The third-order valence-electron chi connectivity index (χ3n) is 6.27. The van der Waals surface area contributed by atoms with Crippen LogP contribution < -0.4 is 16.4 Å². The lowest BCUT2D eigenvalue weighted by molar-refractivity contribution is 0.0343. The maximum atomic E-state index is 13.0. The second-order valence-electron chi connectivity index (χ2n) is 9.08. The number of nitrogens with one attached hydrogen (secondary N) is 3. The van der Waals surface area contributed by atoms with Crippen LogP contribution in [0, 0.1) is 5.41 Å². The van der Waals surface area contributed by atoms with Gasteiger partial charge in [-0.15, -0.1) is 0 Å². The van der Waals surface area contributed by atoms with Gasteiger partial charge in [-0.1, -0.05) is 35.9 Å². The molecular weight excluding hydrogens is 474 g/mol. The van der Waals surface area contributed by atoms with Crippen molar-refractivity contribution in [2.24, 2.45) is 5.73 Å². The van der Waals surface area contributed by atoms with Crippen molar-refractivity contribution in [3.05, 3.63) is 93.8 Å². The number of hydrogen-bond donors (Lipinski definition) is 4. The van der Waals surface area contributed by atoms with Crippen molar-refractivity contribution in [2.45, 2.75) is 51.4 Å². The summed E-state index contributed by atoms with van der Waals surface area (Å²) in [7, 11) is 0. The molecule has 1 saturated heterocycles. The van der Waals surface area contributed by atoms with E-state index in [1.54, 1.807) is 31.5 Å². The molecule has 2 atom stereocenters. The van der Waals surface area contributed by atoms with Crippen molar-refractivity contribution in [2.75, 3.05) is 11.9 Å². The quantitative estimate of drug-likeness (QED) is 0.309. The number of carbonyl (C=O) groups is 1. The van der Waals surface area contributed by atoms with Crippen molar-refractivity contribution in [3.63, 3.8) is 0 Å². The van der Waals surface area contributed by atoms with Crippen LogP contribution in [0.15, 0.2) is 60.9 Å². The number of aromatic nitrogens is 1. The Hall–Kier alpha value is -3.26. The molecule has 5 N–H and O–H groups in total. The molecule has 8 heteroatoms. The maximum Gasteiger partial charge on any atom is 0.253 e. The van der Waals surface area contributed by atoms with Gasteiger partial charge in [-0.05, 0) is 73.6 Å². The molecule has 0 bridgehead atoms. The van der Waals surface area contributed by atoms with E-state index < -0.39 is 6.04 Å². The van der Waals surface area contributed by atoms with Crippen LogP contribution in [0.5, 0.6) is 0 Å². The molecule has 1 fully saturated rings. The van der Waals surface area contributed by atoms with Gasteiger partial charge in [-0.3, -0.25) is 9.78 Å². The van der Waals surface area contributed by atoms with Crippen molar-refractivity contribution in [3.8, 4) is 0 Å². The van der Waals surface area contributed by atoms with Gasteiger partial charge in [0.15, 0.2) is 0 Å². The number of amides is 1. The van der Waals surface area contributed by atoms with Gasteiger partial charge in [-0.25, -0.2) is 0 Å². The first-order valence-corrected chi connectivity index (χ1v) is 12.6. The molecule has 0 radical (unpaired) electrons. The summed E-state index contributed by atoms with van der Waals surface area (Å²) in [6, 6.07) is 14.8. The summed E-state index contributed by atoms with van der Waals surface area (Å²) >= 11 is 6.25. The van der Waals surface area contributed by atoms with E-state index in [4.69, 9.17) is 27.5 Å². The Morgan fingerprint density at radius 1 is 1.14 bits per heavy atom. The predicted octanol–water partition coefficient (Wildman–Crippen LogP) is 4.91. The van der Waals surface area contributed by atoms with Gasteiger partial charge in [0.25, 0.3) is 5.91 Å². The first-order valence-electron chi connectivity index (χ1n) is 12.2. The molecule has 3 aromatic rings. The van der Waals surface area contributed by atoms with E-state index in [0.29, 0.717) is 29.1 Å². The fourth-order valence-electron chi connectivity index (χ4n) is 4.22. The second-order valence-corrected chi connectivity index (χ2v) is 9.51. The second kappa shape index (κ2) is 12.1. The number of carbonyl (C=O) groups excluding carboxylic acids is 1. The van der Waals surface area contributed by atoms with Gasteiger partial charge in [0.1, 0.15) is 6.23 Å². The summed E-state index contributed by atoms with van der Waals surface area (Å²) < 4.78 is 5.80. The minimum atomic E-state index is -0.545. The number of rotatable bonds is 9. The summed E-state index contributed by atoms with van der Waals surface area (Å²) in [5.41, 5.74) is 10.9. The molecule has 1 aliphatic rings. The molecule has 0 aliphatic carbocycles. The average molecular weight is 506 g/mol. The van der Waals surface area contributed by atoms with Gasteiger partial charge in [-0.2, -0.15) is 0 Å². The molecule has 1 amide bonds. The summed E-state index contributed by atoms with van der Waals surface area (Å²) in [6.45, 7) is 3.01. The number of ether oxygens (including phenoxy) is 1. The Kier molecular flexibility index (Phi) is 8.70. The van der Waals surface area contributed by atoms with Crippen LogP contribution in [0.3, 0.4) is 0 Å². The Morgan fingerprint density at radius 2 is 1.92 bits per heavy atom. The number of nitrogens with zero attached hydrogens (tertiary/aromatic N) is 1. The van der Waals surface area contributed by atoms with Crippen molar-refractivity contribution < 1.29 is 9.53 Å². The lowest BCUT2D eigenvalue weighted by Gasteiger charge is -2.26. The predicted molar refractivity (Wildman–Crippen MR) is 144 cm³/mol. The molecule has 0 saturated carbocycles. The van der Waals surface area contributed by atoms with Crippen LogP contribution in [0.1, 0.15) is 58.8 Å². The third-order valence-corrected chi connectivity index (χ3v) is 6.51. The Bertz CT molecular complexity index is 1210. The topological polar surface area (TPSA) is 113 Å². The fraction of sp³-hybridized carbons (Fsp3) is 0.321. The third kappa shape index (κ3) is 6.69. The Morgan fingerprint density at radius 3 is 2.64 bits per heavy atom. The van der Waals surface area contributed by atoms with Gasteiger partial charge in [0.05, 0.1) is 17.3 Å². The standard InChI is InChI=1S/C28H32ClN5O2/c1-18(27(31)24-14-23(29)9-10-25(24)34-26-4-2-3-11-36-26)33-28(35)22-13-21(16-32-17-22)12-19-5-7-20(15-30)8-6-19/h5-10,13-14,16-18,26,31,34H,2-4,11-12,15,30H2,1H3,(H,33,35). The molecule has 7 nitrogen and oxygen atoms in total. The number of hydrogen-bond acceptors (Lipinski definition) is 6. The van der Waals surface area contributed by atoms with E-state index in [2.05, 4.69) is 15.6 Å². The SMILES string of the molecule is CC(NC(=O)c1cncc(Cc2ccc(CN)cc2)c1)C(=N)c1cc(Cl)ccc1NC1CCCCO1. The fourth-order valence-corrected chi connectivity index (χ4v) is 4.39. The number of pyridine rings is 1. The van der Waals surface area contributed by atoms with Crippen LogP contribution in [-0.4, -0.2) is 35.5 Å². The zero-order valence-corrected chi connectivity index (χ0v) is 21.1. The largest absolute Gasteiger partial charge is 0.360 e. The summed E-state index contributed by atoms with van der Waals surface area (Å²) in [6.07, 6.45) is 6.91. The highest BCUT2D eigenvalue weighted by Gasteiger charge is 2.21. The van der Waals surface area contributed by atoms with Crippen LogP contribution in [0.4, 0.5) is 5.69 Å². The lowest BCUT2D eigenvalue weighted by atomic mass is 10.0. The van der Waals surface area contributed by atoms with E-state index in [-0.39, 0.29) is 17.8 Å². The van der Waals surface area contributed by atoms with E-state index in [0.717, 1.165) is 48.2 Å². The van der Waals surface area contributed by atoms with Crippen LogP contribution in [0.25, 0.3) is 0 Å². The number of halogens is 1. The van der Waals surface area contributed by atoms with E-state index in [9.17, 15) is 4.79 Å². The van der Waals surface area contributed by atoms with Crippen molar-refractivity contribution in [1.82, 2.24) is 10.3 Å². The van der Waals surface area contributed by atoms with Crippen molar-refractivity contribution >= 4 is 28.9 Å². The molecule has 2 aromatic carbocycles. The van der Waals surface area contributed by atoms with Crippen LogP contribution in [0.2, 0.25) is 5.02 Å². The first kappa shape index (κ1) is 25.8. The highest BCUT2D eigenvalue weighted by atomic mass is 35.5. The molecular formula is C28H32ClN5O2. The van der Waals surface area contributed by atoms with Gasteiger partial charge < -0.3 is 26.5 Å². The van der Waals surface area contributed by atoms with Gasteiger partial charge in [0, 0.05) is 41.8 Å². The lowest BCUT2D eigenvalue weighted by Crippen LogP contribution is -2.39. The molecule has 2 unspecified atom stereocenters. The molecule has 188 valence electrons. The highest BCUT2D eigenvalue weighted by Crippen LogP contribution is 2.25. The van der Waals surface area contributed by atoms with Gasteiger partial charge in [0.2, 0.25) is 0 Å². The van der Waals surface area contributed by atoms with E-state index in [1.807, 2.05) is 36.4 Å². The van der Waals surface area contributed by atoms with Crippen LogP contribution >= 0.6 is 11.6 Å². The van der Waals surface area contributed by atoms with E-state index in [1.165, 1.54) is 0 Å². The molecule has 4 rings (SSSR count). The number of nitrogens with two attached hydrogens (primary N) is 1. The van der Waals surface area contributed by atoms with E-state index >= 15 is 0 Å². The average Bonchev–Trinajstić information content (AvgIpc) is 2.90. The summed E-state index contributed by atoms with van der Waals surface area (Å²) in [5.74, 6) is -0.285. The van der Waals surface area contributed by atoms with Crippen molar-refractivity contribution in [1.29, 1.82) is 5.41 Å². The monoisotopic (exact) mass is 505 g/mol. The Balaban J connectivity index is 1.43. The zero-order valence-electron chi connectivity index (χ0n) is 20.4. The number of benzene rings is 2. The number of anilines is 1. The zero-order chi connectivity index (χ0) is 25.5. The van der Waals surface area contributed by atoms with Crippen LogP contribution in [-0.2, 0) is 17.7 Å². The summed E-state index contributed by atoms with van der Waals surface area (Å²) in [5, 5.41) is 15.6. The molecule has 1 aromatic heterocycles. The minimum absolute atomic E-state index is 0.100. The highest BCUT2D eigenvalue weighted by molar-refractivity contribution is 6.31. The molecule has 1 aliphatic heterocycles. The molecule has 36 heavy (non-hydrogen) atoms. The minimum Gasteiger partial charge on any atom is -0.360 e. The molecule has 2 heterocycles. The summed E-state index contributed by atoms with van der Waals surface area (Å²) in [4.78, 5) is 17.3.